The van der Waals surface area contributed by atoms with E-state index in [-0.39, 0.29) is 17.5 Å². The molecule has 0 aliphatic carbocycles. The molecule has 0 saturated heterocycles. The molecular weight excluding hydrogens is 329 g/mol. The summed E-state index contributed by atoms with van der Waals surface area (Å²) in [6, 6.07) is 6.65. The highest BCUT2D eigenvalue weighted by Gasteiger charge is 2.30. The van der Waals surface area contributed by atoms with Crippen molar-refractivity contribution in [1.82, 2.24) is 5.32 Å². The summed E-state index contributed by atoms with van der Waals surface area (Å²) in [5, 5.41) is 2.48. The molecule has 0 aromatic heterocycles. The number of nitrogens with one attached hydrogen (secondary N) is 1. The van der Waals surface area contributed by atoms with Gasteiger partial charge < -0.3 is 5.32 Å². The lowest BCUT2D eigenvalue weighted by Crippen LogP contribution is -2.28. The second-order valence-corrected chi connectivity index (χ2v) is 5.33. The number of carbonyl (C=O) groups is 1. The zero-order chi connectivity index (χ0) is 17.9. The fourth-order valence-corrected chi connectivity index (χ4v) is 2.27. The van der Waals surface area contributed by atoms with Crippen LogP contribution in [0.5, 0.6) is 0 Å². The van der Waals surface area contributed by atoms with E-state index < -0.39 is 35.3 Å². The molecule has 0 spiro atoms. The van der Waals surface area contributed by atoms with Gasteiger partial charge in [-0.05, 0) is 24.6 Å². The summed E-state index contributed by atoms with van der Waals surface area (Å²) in [6.07, 6.45) is -4.77. The highest BCUT2D eigenvalue weighted by atomic mass is 19.4. The molecule has 2 nitrogen and oxygen atoms in total. The monoisotopic (exact) mass is 343 g/mol. The van der Waals surface area contributed by atoms with E-state index in [1.165, 1.54) is 25.1 Å². The molecule has 0 unspecified atom stereocenters. The van der Waals surface area contributed by atoms with Crippen molar-refractivity contribution < 1.29 is 26.7 Å². The van der Waals surface area contributed by atoms with Gasteiger partial charge in [0.05, 0.1) is 18.0 Å². The highest BCUT2D eigenvalue weighted by molar-refractivity contribution is 5.79. The van der Waals surface area contributed by atoms with E-state index >= 15 is 0 Å². The van der Waals surface area contributed by atoms with Crippen LogP contribution in [0.15, 0.2) is 42.5 Å². The zero-order valence-corrected chi connectivity index (χ0v) is 12.6. The van der Waals surface area contributed by atoms with Gasteiger partial charge in [0.15, 0.2) is 0 Å². The number of amides is 1. The first-order chi connectivity index (χ1) is 11.2. The lowest BCUT2D eigenvalue weighted by molar-refractivity contribution is -0.137. The van der Waals surface area contributed by atoms with Gasteiger partial charge in [-0.1, -0.05) is 24.3 Å². The molecule has 2 rings (SSSR count). The van der Waals surface area contributed by atoms with Crippen LogP contribution in [-0.4, -0.2) is 5.91 Å². The number of carbonyl (C=O) groups excluding carboxylic acids is 1. The molecule has 2 aromatic carbocycles. The molecule has 128 valence electrons. The smallest absolute Gasteiger partial charge is 0.349 e. The SMILES string of the molecule is C[C@H](NC(=O)Cc1cccc(C(F)(F)F)c1)c1ccc(F)cc1F. The number of hydrogen-bond donors (Lipinski definition) is 1. The van der Waals surface area contributed by atoms with Crippen molar-refractivity contribution in [2.75, 3.05) is 0 Å². The lowest BCUT2D eigenvalue weighted by Gasteiger charge is -2.15. The minimum atomic E-state index is -4.49. The molecular formula is C17H14F5NO. The maximum Gasteiger partial charge on any atom is 0.416 e. The van der Waals surface area contributed by atoms with Crippen LogP contribution in [0.2, 0.25) is 0 Å². The fraction of sp³-hybridized carbons (Fsp3) is 0.235. The summed E-state index contributed by atoms with van der Waals surface area (Å²) in [7, 11) is 0. The Hall–Kier alpha value is -2.44. The molecule has 1 amide bonds. The van der Waals surface area contributed by atoms with Crippen LogP contribution in [0.25, 0.3) is 0 Å². The molecule has 1 atom stereocenters. The van der Waals surface area contributed by atoms with Crippen LogP contribution in [0.4, 0.5) is 22.0 Å². The van der Waals surface area contributed by atoms with E-state index in [9.17, 15) is 26.7 Å². The van der Waals surface area contributed by atoms with Crippen LogP contribution in [0.3, 0.4) is 0 Å². The van der Waals surface area contributed by atoms with Crippen molar-refractivity contribution in [1.29, 1.82) is 0 Å². The summed E-state index contributed by atoms with van der Waals surface area (Å²) >= 11 is 0. The Bertz CT molecular complexity index is 742. The number of hydrogen-bond acceptors (Lipinski definition) is 1. The van der Waals surface area contributed by atoms with E-state index in [0.717, 1.165) is 18.2 Å². The van der Waals surface area contributed by atoms with Crippen molar-refractivity contribution in [3.63, 3.8) is 0 Å². The first-order valence-electron chi connectivity index (χ1n) is 7.07. The quantitative estimate of drug-likeness (QED) is 0.819. The van der Waals surface area contributed by atoms with Gasteiger partial charge in [0.1, 0.15) is 11.6 Å². The van der Waals surface area contributed by atoms with Crippen LogP contribution >= 0.6 is 0 Å². The molecule has 24 heavy (non-hydrogen) atoms. The molecule has 0 bridgehead atoms. The van der Waals surface area contributed by atoms with Crippen molar-refractivity contribution in [2.24, 2.45) is 0 Å². The summed E-state index contributed by atoms with van der Waals surface area (Å²) < 4.78 is 64.4. The molecule has 2 aromatic rings. The third kappa shape index (κ3) is 4.53. The van der Waals surface area contributed by atoms with Crippen molar-refractivity contribution >= 4 is 5.91 Å². The van der Waals surface area contributed by atoms with Crippen molar-refractivity contribution in [3.8, 4) is 0 Å². The summed E-state index contributed by atoms with van der Waals surface area (Å²) in [6.45, 7) is 1.50. The molecule has 0 heterocycles. The fourth-order valence-electron chi connectivity index (χ4n) is 2.27. The second kappa shape index (κ2) is 6.98. The van der Waals surface area contributed by atoms with Gasteiger partial charge in [-0.15, -0.1) is 0 Å². The van der Waals surface area contributed by atoms with Crippen molar-refractivity contribution in [3.05, 3.63) is 70.8 Å². The number of benzene rings is 2. The maximum atomic E-state index is 13.6. The first-order valence-corrected chi connectivity index (χ1v) is 7.07. The Morgan fingerprint density at radius 1 is 1.12 bits per heavy atom. The third-order valence-corrected chi connectivity index (χ3v) is 3.43. The molecule has 0 aliphatic heterocycles. The minimum absolute atomic E-state index is 0.0915. The molecule has 1 N–H and O–H groups in total. The summed E-state index contributed by atoms with van der Waals surface area (Å²) in [4.78, 5) is 11.9. The van der Waals surface area contributed by atoms with E-state index in [0.29, 0.717) is 6.07 Å². The number of halogens is 5. The molecule has 0 fully saturated rings. The Labute approximate surface area is 135 Å². The molecule has 0 aliphatic rings. The Morgan fingerprint density at radius 3 is 2.46 bits per heavy atom. The Balaban J connectivity index is 2.05. The summed E-state index contributed by atoms with van der Waals surface area (Å²) in [5.74, 6) is -2.11. The minimum Gasteiger partial charge on any atom is -0.349 e. The standard InChI is InChI=1S/C17H14F5NO/c1-10(14-6-5-13(18)9-15(14)19)23-16(24)8-11-3-2-4-12(7-11)17(20,21)22/h2-7,9-10H,8H2,1H3,(H,23,24)/t10-/m0/s1. The average molecular weight is 343 g/mol. The second-order valence-electron chi connectivity index (χ2n) is 5.33. The van der Waals surface area contributed by atoms with Gasteiger partial charge in [-0.3, -0.25) is 4.79 Å². The topological polar surface area (TPSA) is 29.1 Å². The molecule has 0 saturated carbocycles. The van der Waals surface area contributed by atoms with Gasteiger partial charge in [0.2, 0.25) is 5.91 Å². The maximum absolute atomic E-state index is 13.6. The third-order valence-electron chi connectivity index (χ3n) is 3.43. The largest absolute Gasteiger partial charge is 0.416 e. The highest BCUT2D eigenvalue weighted by Crippen LogP contribution is 2.29. The van der Waals surface area contributed by atoms with Crippen LogP contribution in [0.1, 0.15) is 29.7 Å². The number of rotatable bonds is 4. The van der Waals surface area contributed by atoms with Gasteiger partial charge in [0, 0.05) is 11.6 Å². The van der Waals surface area contributed by atoms with Crippen LogP contribution in [0, 0.1) is 11.6 Å². The van der Waals surface area contributed by atoms with E-state index in [1.54, 1.807) is 0 Å². The lowest BCUT2D eigenvalue weighted by atomic mass is 10.1. The van der Waals surface area contributed by atoms with Gasteiger partial charge in [-0.25, -0.2) is 8.78 Å². The van der Waals surface area contributed by atoms with Gasteiger partial charge in [0.25, 0.3) is 0 Å². The van der Waals surface area contributed by atoms with Gasteiger partial charge in [-0.2, -0.15) is 13.2 Å². The molecule has 0 radical (unpaired) electrons. The van der Waals surface area contributed by atoms with Crippen LogP contribution in [-0.2, 0) is 17.4 Å². The first kappa shape index (κ1) is 17.9. The van der Waals surface area contributed by atoms with E-state index in [4.69, 9.17) is 0 Å². The number of alkyl halides is 3. The van der Waals surface area contributed by atoms with Crippen molar-refractivity contribution in [2.45, 2.75) is 25.6 Å². The van der Waals surface area contributed by atoms with Gasteiger partial charge >= 0.3 is 6.18 Å². The van der Waals surface area contributed by atoms with Crippen LogP contribution < -0.4 is 5.32 Å². The predicted molar refractivity (Wildman–Crippen MR) is 78.1 cm³/mol. The predicted octanol–water partition coefficient (Wildman–Crippen LogP) is 4.40. The normalized spacial score (nSPS) is 12.8. The summed E-state index contributed by atoms with van der Waals surface area (Å²) in [5.41, 5.74) is -0.562. The molecule has 7 heteroatoms. The Kier molecular flexibility index (Phi) is 5.21. The van der Waals surface area contributed by atoms with E-state index in [2.05, 4.69) is 5.32 Å². The Morgan fingerprint density at radius 2 is 1.83 bits per heavy atom. The van der Waals surface area contributed by atoms with E-state index in [1.807, 2.05) is 0 Å². The zero-order valence-electron chi connectivity index (χ0n) is 12.6. The average Bonchev–Trinajstić information content (AvgIpc) is 2.46.